The van der Waals surface area contributed by atoms with Gasteiger partial charge in [-0.15, -0.1) is 0 Å². The third kappa shape index (κ3) is 4.20. The average Bonchev–Trinajstić information content (AvgIpc) is 2.83. The number of aromatic nitrogens is 2. The first-order chi connectivity index (χ1) is 15.9. The predicted molar refractivity (Wildman–Crippen MR) is 122 cm³/mol. The first-order valence-electron chi connectivity index (χ1n) is 9.95. The van der Waals surface area contributed by atoms with Gasteiger partial charge in [-0.2, -0.15) is 0 Å². The van der Waals surface area contributed by atoms with Gasteiger partial charge < -0.3 is 14.8 Å². The molecule has 3 aromatic carbocycles. The molecule has 33 heavy (non-hydrogen) atoms. The number of ether oxygens (including phenoxy) is 2. The Morgan fingerprint density at radius 2 is 1.64 bits per heavy atom. The number of anilines is 1. The molecular weight excluding hydrogens is 429 g/mol. The summed E-state index contributed by atoms with van der Waals surface area (Å²) >= 11 is 0. The van der Waals surface area contributed by atoms with E-state index in [4.69, 9.17) is 9.47 Å². The Bertz CT molecular complexity index is 1460. The number of halogens is 1. The molecule has 0 spiro atoms. The molecule has 0 saturated heterocycles. The number of nitrogens with one attached hydrogen (secondary N) is 1. The van der Waals surface area contributed by atoms with Crippen LogP contribution in [0.15, 0.2) is 76.3 Å². The molecular formula is C24H20FN3O5. The molecule has 0 atom stereocenters. The van der Waals surface area contributed by atoms with Crippen LogP contribution in [0.4, 0.5) is 10.1 Å². The van der Waals surface area contributed by atoms with E-state index in [2.05, 4.69) is 5.32 Å². The molecule has 0 radical (unpaired) electrons. The summed E-state index contributed by atoms with van der Waals surface area (Å²) in [6.07, 6.45) is 0. The van der Waals surface area contributed by atoms with Gasteiger partial charge in [0.05, 0.1) is 30.8 Å². The van der Waals surface area contributed by atoms with Crippen molar-refractivity contribution in [3.05, 3.63) is 93.4 Å². The number of methoxy groups -OCH3 is 2. The standard InChI is InChI=1S/C24H20FN3O5/c1-32-20-12-9-16(13-21(20)33-2)26-22(29)14-27-19-6-4-3-5-18(19)23(30)28(24(27)31)17-10-7-15(25)8-11-17/h3-13H,14H2,1-2H3,(H,26,29). The van der Waals surface area contributed by atoms with Crippen molar-refractivity contribution >= 4 is 22.5 Å². The van der Waals surface area contributed by atoms with Crippen LogP contribution in [-0.4, -0.2) is 29.3 Å². The van der Waals surface area contributed by atoms with Crippen LogP contribution in [0.1, 0.15) is 0 Å². The first kappa shape index (κ1) is 21.8. The van der Waals surface area contributed by atoms with E-state index in [1.54, 1.807) is 42.5 Å². The minimum atomic E-state index is -0.715. The Labute approximate surface area is 187 Å². The number of fused-ring (bicyclic) bond motifs is 1. The molecule has 9 heteroatoms. The van der Waals surface area contributed by atoms with Gasteiger partial charge in [0.2, 0.25) is 5.91 Å². The Morgan fingerprint density at radius 3 is 2.33 bits per heavy atom. The number of rotatable bonds is 6. The summed E-state index contributed by atoms with van der Waals surface area (Å²) in [6, 6.07) is 16.4. The van der Waals surface area contributed by atoms with E-state index in [0.29, 0.717) is 22.7 Å². The van der Waals surface area contributed by atoms with Crippen molar-refractivity contribution in [2.24, 2.45) is 0 Å². The Morgan fingerprint density at radius 1 is 0.939 bits per heavy atom. The summed E-state index contributed by atoms with van der Waals surface area (Å²) < 4.78 is 25.9. The molecule has 0 unspecified atom stereocenters. The van der Waals surface area contributed by atoms with E-state index >= 15 is 0 Å². The quantitative estimate of drug-likeness (QED) is 0.489. The maximum atomic E-state index is 13.4. The average molecular weight is 449 g/mol. The lowest BCUT2D eigenvalue weighted by atomic mass is 10.2. The van der Waals surface area contributed by atoms with Crippen molar-refractivity contribution < 1.29 is 18.7 Å². The second-order valence-corrected chi connectivity index (χ2v) is 7.12. The normalized spacial score (nSPS) is 10.8. The minimum Gasteiger partial charge on any atom is -0.493 e. The molecule has 1 heterocycles. The fourth-order valence-corrected chi connectivity index (χ4v) is 3.55. The van der Waals surface area contributed by atoms with Crippen molar-refractivity contribution in [1.82, 2.24) is 9.13 Å². The van der Waals surface area contributed by atoms with Crippen molar-refractivity contribution in [2.45, 2.75) is 6.54 Å². The van der Waals surface area contributed by atoms with Crippen molar-refractivity contribution in [3.8, 4) is 17.2 Å². The highest BCUT2D eigenvalue weighted by Crippen LogP contribution is 2.29. The molecule has 1 N–H and O–H groups in total. The van der Waals surface area contributed by atoms with Gasteiger partial charge in [-0.3, -0.25) is 14.2 Å². The highest BCUT2D eigenvalue weighted by Gasteiger charge is 2.17. The summed E-state index contributed by atoms with van der Waals surface area (Å²) in [5, 5.41) is 2.97. The molecule has 0 aliphatic carbocycles. The van der Waals surface area contributed by atoms with E-state index < -0.39 is 23.0 Å². The van der Waals surface area contributed by atoms with E-state index in [9.17, 15) is 18.8 Å². The maximum absolute atomic E-state index is 13.4. The number of carbonyl (C=O) groups is 1. The molecule has 0 fully saturated rings. The van der Waals surface area contributed by atoms with Gasteiger partial charge in [0.25, 0.3) is 5.56 Å². The van der Waals surface area contributed by atoms with Crippen molar-refractivity contribution in [3.63, 3.8) is 0 Å². The molecule has 1 aromatic heterocycles. The lowest BCUT2D eigenvalue weighted by Gasteiger charge is -2.15. The highest BCUT2D eigenvalue weighted by atomic mass is 19.1. The van der Waals surface area contributed by atoms with Gasteiger partial charge in [-0.25, -0.2) is 13.8 Å². The summed E-state index contributed by atoms with van der Waals surface area (Å²) in [4.78, 5) is 39.1. The van der Waals surface area contributed by atoms with Gasteiger partial charge in [0.1, 0.15) is 12.4 Å². The van der Waals surface area contributed by atoms with Crippen LogP contribution in [0, 0.1) is 5.82 Å². The Balaban J connectivity index is 1.76. The minimum absolute atomic E-state index is 0.200. The third-order valence-corrected chi connectivity index (χ3v) is 5.10. The highest BCUT2D eigenvalue weighted by molar-refractivity contribution is 5.92. The topological polar surface area (TPSA) is 91.6 Å². The number of nitrogens with zero attached hydrogens (tertiary/aromatic N) is 2. The van der Waals surface area contributed by atoms with Crippen LogP contribution in [0.2, 0.25) is 0 Å². The SMILES string of the molecule is COc1ccc(NC(=O)Cn2c(=O)n(-c3ccc(F)cc3)c(=O)c3ccccc32)cc1OC. The zero-order chi connectivity index (χ0) is 23.5. The fourth-order valence-electron chi connectivity index (χ4n) is 3.55. The van der Waals surface area contributed by atoms with Gasteiger partial charge in [-0.05, 0) is 48.5 Å². The molecule has 4 rings (SSSR count). The van der Waals surface area contributed by atoms with E-state index in [1.165, 1.54) is 30.9 Å². The lowest BCUT2D eigenvalue weighted by Crippen LogP contribution is -2.40. The van der Waals surface area contributed by atoms with Gasteiger partial charge in [0.15, 0.2) is 11.5 Å². The lowest BCUT2D eigenvalue weighted by molar-refractivity contribution is -0.116. The molecule has 1 amide bonds. The van der Waals surface area contributed by atoms with Crippen LogP contribution in [0.5, 0.6) is 11.5 Å². The molecule has 0 bridgehead atoms. The van der Waals surface area contributed by atoms with E-state index in [0.717, 1.165) is 16.7 Å². The van der Waals surface area contributed by atoms with E-state index in [-0.39, 0.29) is 17.6 Å². The number of amides is 1. The number of benzene rings is 3. The Hall–Kier alpha value is -4.40. The fraction of sp³-hybridized carbons (Fsp3) is 0.125. The van der Waals surface area contributed by atoms with Crippen LogP contribution in [0.3, 0.4) is 0 Å². The van der Waals surface area contributed by atoms with Gasteiger partial charge in [0, 0.05) is 11.8 Å². The molecule has 4 aromatic rings. The number of hydrogen-bond acceptors (Lipinski definition) is 5. The zero-order valence-electron chi connectivity index (χ0n) is 17.9. The van der Waals surface area contributed by atoms with Crippen molar-refractivity contribution in [2.75, 3.05) is 19.5 Å². The van der Waals surface area contributed by atoms with Crippen LogP contribution in [-0.2, 0) is 11.3 Å². The predicted octanol–water partition coefficient (Wildman–Crippen LogP) is 2.95. The molecule has 168 valence electrons. The zero-order valence-corrected chi connectivity index (χ0v) is 17.9. The van der Waals surface area contributed by atoms with Crippen molar-refractivity contribution in [1.29, 1.82) is 0 Å². The maximum Gasteiger partial charge on any atom is 0.336 e. The summed E-state index contributed by atoms with van der Waals surface area (Å²) in [6.45, 7) is -0.352. The summed E-state index contributed by atoms with van der Waals surface area (Å²) in [7, 11) is 2.98. The van der Waals surface area contributed by atoms with Gasteiger partial charge >= 0.3 is 5.69 Å². The number of para-hydroxylation sites is 1. The monoisotopic (exact) mass is 449 g/mol. The van der Waals surface area contributed by atoms with Gasteiger partial charge in [-0.1, -0.05) is 12.1 Å². The largest absolute Gasteiger partial charge is 0.493 e. The molecule has 8 nitrogen and oxygen atoms in total. The molecule has 0 saturated carbocycles. The number of carbonyl (C=O) groups excluding carboxylic acids is 1. The Kier molecular flexibility index (Phi) is 5.95. The van der Waals surface area contributed by atoms with Crippen LogP contribution < -0.4 is 26.0 Å². The smallest absolute Gasteiger partial charge is 0.336 e. The molecule has 0 aliphatic rings. The molecule has 0 aliphatic heterocycles. The second-order valence-electron chi connectivity index (χ2n) is 7.12. The van der Waals surface area contributed by atoms with Crippen LogP contribution in [0.25, 0.3) is 16.6 Å². The first-order valence-corrected chi connectivity index (χ1v) is 9.95. The van der Waals surface area contributed by atoms with E-state index in [1.807, 2.05) is 0 Å². The summed E-state index contributed by atoms with van der Waals surface area (Å²) in [5.74, 6) is -0.0483. The summed E-state index contributed by atoms with van der Waals surface area (Å²) in [5.41, 5.74) is -0.312. The van der Waals surface area contributed by atoms with Crippen LogP contribution >= 0.6 is 0 Å². The third-order valence-electron chi connectivity index (χ3n) is 5.10. The second kappa shape index (κ2) is 8.99. The number of hydrogen-bond donors (Lipinski definition) is 1.